The van der Waals surface area contributed by atoms with Crippen LogP contribution in [0.15, 0.2) is 0 Å². The van der Waals surface area contributed by atoms with Gasteiger partial charge in [0.05, 0.1) is 18.8 Å². The van der Waals surface area contributed by atoms with Crippen molar-refractivity contribution in [2.24, 2.45) is 0 Å². The van der Waals surface area contributed by atoms with Crippen LogP contribution in [0.1, 0.15) is 45.4 Å². The smallest absolute Gasteiger partial charge is 0.0773 e. The molecule has 1 aliphatic heterocycles. The first kappa shape index (κ1) is 12.9. The van der Waals surface area contributed by atoms with Crippen LogP contribution in [0.4, 0.5) is 0 Å². The maximum absolute atomic E-state index is 9.58. The highest BCUT2D eigenvalue weighted by molar-refractivity contribution is 4.66. The molecule has 15 heavy (non-hydrogen) atoms. The molecule has 1 fully saturated rings. The molecule has 0 bridgehead atoms. The second-order valence-electron chi connectivity index (χ2n) is 4.29. The molecule has 0 radical (unpaired) electrons. The molecule has 0 aromatic heterocycles. The molecule has 2 unspecified atom stereocenters. The molecule has 0 aliphatic carbocycles. The molecule has 0 saturated carbocycles. The zero-order valence-electron chi connectivity index (χ0n) is 9.78. The largest absolute Gasteiger partial charge is 0.391 e. The van der Waals surface area contributed by atoms with Gasteiger partial charge in [-0.05, 0) is 38.5 Å². The van der Waals surface area contributed by atoms with Crippen molar-refractivity contribution in [1.29, 1.82) is 0 Å². The summed E-state index contributed by atoms with van der Waals surface area (Å²) >= 11 is 0. The van der Waals surface area contributed by atoms with Crippen LogP contribution in [0.2, 0.25) is 0 Å². The summed E-state index contributed by atoms with van der Waals surface area (Å²) in [5, 5.41) is 9.58. The molecule has 3 heteroatoms. The SMILES string of the molecule is CCCOCC(O)CCCC1CCCO1. The number of aliphatic hydroxyl groups is 1. The summed E-state index contributed by atoms with van der Waals surface area (Å²) in [4.78, 5) is 0. The lowest BCUT2D eigenvalue weighted by Gasteiger charge is -2.12. The van der Waals surface area contributed by atoms with Crippen molar-refractivity contribution in [3.63, 3.8) is 0 Å². The first-order valence-corrected chi connectivity index (χ1v) is 6.20. The predicted molar refractivity (Wildman–Crippen MR) is 59.9 cm³/mol. The Kier molecular flexibility index (Phi) is 6.98. The Balaban J connectivity index is 1.89. The minimum absolute atomic E-state index is 0.294. The van der Waals surface area contributed by atoms with Gasteiger partial charge < -0.3 is 14.6 Å². The lowest BCUT2D eigenvalue weighted by molar-refractivity contribution is 0.0283. The highest BCUT2D eigenvalue weighted by Crippen LogP contribution is 2.18. The number of rotatable bonds is 8. The van der Waals surface area contributed by atoms with Crippen molar-refractivity contribution < 1.29 is 14.6 Å². The summed E-state index contributed by atoms with van der Waals surface area (Å²) in [6, 6.07) is 0. The lowest BCUT2D eigenvalue weighted by atomic mass is 10.1. The average molecular weight is 216 g/mol. The third-order valence-corrected chi connectivity index (χ3v) is 2.75. The molecule has 0 aromatic rings. The molecule has 0 amide bonds. The van der Waals surface area contributed by atoms with E-state index in [-0.39, 0.29) is 6.10 Å². The summed E-state index contributed by atoms with van der Waals surface area (Å²) in [7, 11) is 0. The van der Waals surface area contributed by atoms with Gasteiger partial charge in [0.1, 0.15) is 0 Å². The van der Waals surface area contributed by atoms with Gasteiger partial charge in [0.15, 0.2) is 0 Å². The van der Waals surface area contributed by atoms with E-state index in [1.165, 1.54) is 12.8 Å². The molecular formula is C12H24O3. The van der Waals surface area contributed by atoms with Crippen LogP contribution in [-0.2, 0) is 9.47 Å². The third kappa shape index (κ3) is 6.13. The van der Waals surface area contributed by atoms with Crippen molar-refractivity contribution in [2.45, 2.75) is 57.7 Å². The van der Waals surface area contributed by atoms with Gasteiger partial charge in [-0.1, -0.05) is 6.92 Å². The van der Waals surface area contributed by atoms with Gasteiger partial charge >= 0.3 is 0 Å². The second kappa shape index (κ2) is 8.08. The molecule has 1 saturated heterocycles. The summed E-state index contributed by atoms with van der Waals surface area (Å²) in [6.07, 6.45) is 6.54. The van der Waals surface area contributed by atoms with Gasteiger partial charge in [-0.2, -0.15) is 0 Å². The maximum atomic E-state index is 9.58. The predicted octanol–water partition coefficient (Wildman–Crippen LogP) is 2.12. The van der Waals surface area contributed by atoms with E-state index < -0.39 is 0 Å². The fourth-order valence-corrected chi connectivity index (χ4v) is 1.90. The van der Waals surface area contributed by atoms with Crippen molar-refractivity contribution in [3.8, 4) is 0 Å². The Labute approximate surface area is 92.8 Å². The number of ether oxygens (including phenoxy) is 2. The van der Waals surface area contributed by atoms with Crippen molar-refractivity contribution >= 4 is 0 Å². The highest BCUT2D eigenvalue weighted by atomic mass is 16.5. The van der Waals surface area contributed by atoms with Gasteiger partial charge in [0.2, 0.25) is 0 Å². The second-order valence-corrected chi connectivity index (χ2v) is 4.29. The maximum Gasteiger partial charge on any atom is 0.0773 e. The fourth-order valence-electron chi connectivity index (χ4n) is 1.90. The van der Waals surface area contributed by atoms with E-state index in [0.717, 1.165) is 38.9 Å². The van der Waals surface area contributed by atoms with Gasteiger partial charge in [0.25, 0.3) is 0 Å². The Hall–Kier alpha value is -0.120. The van der Waals surface area contributed by atoms with E-state index >= 15 is 0 Å². The summed E-state index contributed by atoms with van der Waals surface area (Å²) in [5.74, 6) is 0. The average Bonchev–Trinajstić information content (AvgIpc) is 2.71. The summed E-state index contributed by atoms with van der Waals surface area (Å²) in [5.41, 5.74) is 0. The molecule has 1 aliphatic rings. The van der Waals surface area contributed by atoms with E-state index in [1.54, 1.807) is 0 Å². The minimum atomic E-state index is -0.294. The Bertz CT molecular complexity index is 144. The zero-order valence-corrected chi connectivity index (χ0v) is 9.78. The van der Waals surface area contributed by atoms with Crippen molar-refractivity contribution in [3.05, 3.63) is 0 Å². The Morgan fingerprint density at radius 2 is 2.40 bits per heavy atom. The van der Waals surface area contributed by atoms with E-state index in [0.29, 0.717) is 12.7 Å². The van der Waals surface area contributed by atoms with Crippen LogP contribution in [0.25, 0.3) is 0 Å². The third-order valence-electron chi connectivity index (χ3n) is 2.75. The quantitative estimate of drug-likeness (QED) is 0.632. The fraction of sp³-hybridized carbons (Fsp3) is 1.00. The molecule has 3 nitrogen and oxygen atoms in total. The molecule has 0 aromatic carbocycles. The molecule has 1 rings (SSSR count). The molecule has 1 N–H and O–H groups in total. The molecular weight excluding hydrogens is 192 g/mol. The zero-order chi connectivity index (χ0) is 10.9. The molecule has 2 atom stereocenters. The number of aliphatic hydroxyl groups excluding tert-OH is 1. The standard InChI is InChI=1S/C12H24O3/c1-2-8-14-10-11(13)5-3-6-12-7-4-9-15-12/h11-13H,2-10H2,1H3. The Morgan fingerprint density at radius 3 is 3.07 bits per heavy atom. The summed E-state index contributed by atoms with van der Waals surface area (Å²) < 4.78 is 10.8. The van der Waals surface area contributed by atoms with Crippen LogP contribution in [0, 0.1) is 0 Å². The monoisotopic (exact) mass is 216 g/mol. The topological polar surface area (TPSA) is 38.7 Å². The first-order chi connectivity index (χ1) is 7.33. The van der Waals surface area contributed by atoms with Crippen molar-refractivity contribution in [2.75, 3.05) is 19.8 Å². The number of hydrogen-bond donors (Lipinski definition) is 1. The van der Waals surface area contributed by atoms with Crippen LogP contribution < -0.4 is 0 Å². The van der Waals surface area contributed by atoms with Gasteiger partial charge in [-0.25, -0.2) is 0 Å². The highest BCUT2D eigenvalue weighted by Gasteiger charge is 2.15. The molecule has 1 heterocycles. The van der Waals surface area contributed by atoms with E-state index in [2.05, 4.69) is 6.92 Å². The van der Waals surface area contributed by atoms with Crippen molar-refractivity contribution in [1.82, 2.24) is 0 Å². The molecule has 90 valence electrons. The minimum Gasteiger partial charge on any atom is -0.391 e. The normalized spacial score (nSPS) is 23.2. The van der Waals surface area contributed by atoms with Gasteiger partial charge in [-0.3, -0.25) is 0 Å². The van der Waals surface area contributed by atoms with Gasteiger partial charge in [0, 0.05) is 13.2 Å². The number of hydrogen-bond acceptors (Lipinski definition) is 3. The summed E-state index contributed by atoms with van der Waals surface area (Å²) in [6.45, 7) is 4.23. The first-order valence-electron chi connectivity index (χ1n) is 6.20. The Morgan fingerprint density at radius 1 is 1.53 bits per heavy atom. The lowest BCUT2D eigenvalue weighted by Crippen LogP contribution is -2.16. The van der Waals surface area contributed by atoms with E-state index in [1.807, 2.05) is 0 Å². The van der Waals surface area contributed by atoms with E-state index in [4.69, 9.17) is 9.47 Å². The van der Waals surface area contributed by atoms with Gasteiger partial charge in [-0.15, -0.1) is 0 Å². The van der Waals surface area contributed by atoms with Crippen LogP contribution in [0.5, 0.6) is 0 Å². The van der Waals surface area contributed by atoms with Crippen LogP contribution in [-0.4, -0.2) is 37.1 Å². The van der Waals surface area contributed by atoms with E-state index in [9.17, 15) is 5.11 Å². The van der Waals surface area contributed by atoms with Crippen LogP contribution in [0.3, 0.4) is 0 Å². The van der Waals surface area contributed by atoms with Crippen LogP contribution >= 0.6 is 0 Å². The molecule has 0 spiro atoms.